The lowest BCUT2D eigenvalue weighted by atomic mass is 10.0. The summed E-state index contributed by atoms with van der Waals surface area (Å²) >= 11 is 5.92. The van der Waals surface area contributed by atoms with Crippen molar-refractivity contribution in [2.45, 2.75) is 32.2 Å². The Morgan fingerprint density at radius 3 is 2.46 bits per heavy atom. The summed E-state index contributed by atoms with van der Waals surface area (Å²) < 4.78 is 43.6. The van der Waals surface area contributed by atoms with Crippen LogP contribution in [0.25, 0.3) is 11.0 Å². The Morgan fingerprint density at radius 2 is 1.89 bits per heavy atom. The molecular weight excluding hydrogens is 501 g/mol. The van der Waals surface area contributed by atoms with E-state index in [9.17, 15) is 32.3 Å². The van der Waals surface area contributed by atoms with Crippen LogP contribution in [0.3, 0.4) is 0 Å². The molecule has 2 N–H and O–H groups in total. The molecule has 0 unspecified atom stereocenters. The second kappa shape index (κ2) is 10.4. The minimum atomic E-state index is -5.42. The molecule has 0 bridgehead atoms. The first-order chi connectivity index (χ1) is 16.4. The number of rotatable bonds is 4. The summed E-state index contributed by atoms with van der Waals surface area (Å²) in [5.41, 5.74) is 0.464. The van der Waals surface area contributed by atoms with Crippen LogP contribution in [-0.2, 0) is 14.4 Å². The molecule has 11 nitrogen and oxygen atoms in total. The summed E-state index contributed by atoms with van der Waals surface area (Å²) in [5, 5.41) is 12.2. The molecule has 0 aliphatic carbocycles. The van der Waals surface area contributed by atoms with Crippen molar-refractivity contribution >= 4 is 46.4 Å². The Bertz CT molecular complexity index is 1130. The maximum atomic E-state index is 12.7. The summed E-state index contributed by atoms with van der Waals surface area (Å²) in [7, 11) is 0. The fraction of sp³-hybridized carbons (Fsp3) is 0.400. The average molecular weight is 521 g/mol. The summed E-state index contributed by atoms with van der Waals surface area (Å²) in [5.74, 6) is -3.67. The van der Waals surface area contributed by atoms with Crippen LogP contribution in [0, 0.1) is 0 Å². The molecule has 1 aliphatic rings. The predicted octanol–water partition coefficient (Wildman–Crippen LogP) is 3.00. The molecule has 2 heterocycles. The number of hydrogen-bond acceptors (Lipinski definition) is 6. The number of carbonyl (C=O) groups is 4. The monoisotopic (exact) mass is 520 g/mol. The molecule has 35 heavy (non-hydrogen) atoms. The van der Waals surface area contributed by atoms with Crippen LogP contribution in [0.15, 0.2) is 28.7 Å². The number of likely N-dealkylation sites (tertiary alicyclic amines) is 1. The quantitative estimate of drug-likeness (QED) is 0.468. The second-order valence-electron chi connectivity index (χ2n) is 7.45. The van der Waals surface area contributed by atoms with Gasteiger partial charge in [-0.3, -0.25) is 14.4 Å². The fourth-order valence-electron chi connectivity index (χ4n) is 3.47. The number of hydrazine groups is 1. The van der Waals surface area contributed by atoms with Gasteiger partial charge >= 0.3 is 24.3 Å². The summed E-state index contributed by atoms with van der Waals surface area (Å²) in [6.07, 6.45) is -6.97. The van der Waals surface area contributed by atoms with Gasteiger partial charge in [0, 0.05) is 36.1 Å². The van der Waals surface area contributed by atoms with Crippen molar-refractivity contribution in [3.05, 3.63) is 35.0 Å². The first-order valence-electron chi connectivity index (χ1n) is 10.3. The maximum Gasteiger partial charge on any atom is 0.545 e. The lowest BCUT2D eigenvalue weighted by Crippen LogP contribution is -2.57. The van der Waals surface area contributed by atoms with Crippen molar-refractivity contribution in [2.24, 2.45) is 0 Å². The van der Waals surface area contributed by atoms with Gasteiger partial charge in [0.15, 0.2) is 5.76 Å². The number of nitrogens with one attached hydrogen (secondary N) is 1. The fourth-order valence-corrected chi connectivity index (χ4v) is 3.65. The van der Waals surface area contributed by atoms with Crippen LogP contribution >= 0.6 is 11.6 Å². The van der Waals surface area contributed by atoms with Crippen molar-refractivity contribution in [3.8, 4) is 0 Å². The molecule has 190 valence electrons. The first-order valence-corrected chi connectivity index (χ1v) is 10.7. The number of carbonyl (C=O) groups excluding carboxylic acids is 3. The number of hydrogen-bond donors (Lipinski definition) is 2. The molecule has 1 aromatic heterocycles. The zero-order valence-corrected chi connectivity index (χ0v) is 18.9. The highest BCUT2D eigenvalue weighted by atomic mass is 35.5. The van der Waals surface area contributed by atoms with Gasteiger partial charge in [0.1, 0.15) is 5.58 Å². The van der Waals surface area contributed by atoms with Gasteiger partial charge < -0.3 is 19.7 Å². The Labute approximate surface area is 200 Å². The first kappa shape index (κ1) is 26.1. The summed E-state index contributed by atoms with van der Waals surface area (Å²) in [4.78, 5) is 53.1. The van der Waals surface area contributed by atoms with E-state index in [2.05, 4.69) is 10.2 Å². The normalized spacial score (nSPS) is 14.6. The van der Waals surface area contributed by atoms with Crippen LogP contribution in [0.4, 0.5) is 18.0 Å². The molecule has 1 saturated heterocycles. The van der Waals surface area contributed by atoms with Gasteiger partial charge in [-0.05, 0) is 44.0 Å². The number of carboxylic acid groups (broad SMARTS) is 1. The van der Waals surface area contributed by atoms with Crippen LogP contribution < -0.4 is 5.32 Å². The zero-order valence-electron chi connectivity index (χ0n) is 18.2. The van der Waals surface area contributed by atoms with E-state index < -0.39 is 47.9 Å². The third-order valence-electron chi connectivity index (χ3n) is 5.11. The van der Waals surface area contributed by atoms with E-state index in [0.717, 1.165) is 11.8 Å². The number of alkyl halides is 3. The molecule has 0 atom stereocenters. The van der Waals surface area contributed by atoms with Gasteiger partial charge in [-0.25, -0.2) is 4.79 Å². The van der Waals surface area contributed by atoms with Gasteiger partial charge in [-0.2, -0.15) is 5.01 Å². The van der Waals surface area contributed by atoms with Crippen molar-refractivity contribution in [1.29, 1.82) is 0 Å². The SMILES string of the molecule is CCN(C(=O)O)N(OC(F)(F)F)C(=O)C(=O)N1CCC(NC(=O)c2cc3cc(Cl)ccc3o2)CC1. The number of halogens is 4. The minimum Gasteiger partial charge on any atom is -0.464 e. The average Bonchev–Trinajstić information content (AvgIpc) is 3.21. The second-order valence-corrected chi connectivity index (χ2v) is 7.88. The van der Waals surface area contributed by atoms with Gasteiger partial charge in [0.05, 0.1) is 0 Å². The Morgan fingerprint density at radius 1 is 1.23 bits per heavy atom. The van der Waals surface area contributed by atoms with E-state index >= 15 is 0 Å². The third kappa shape index (κ3) is 6.33. The molecule has 0 radical (unpaired) electrons. The van der Waals surface area contributed by atoms with E-state index in [1.54, 1.807) is 18.2 Å². The van der Waals surface area contributed by atoms with Crippen LogP contribution in [0.5, 0.6) is 0 Å². The summed E-state index contributed by atoms with van der Waals surface area (Å²) in [6.45, 7) is 0.407. The highest BCUT2D eigenvalue weighted by Crippen LogP contribution is 2.24. The highest BCUT2D eigenvalue weighted by molar-refractivity contribution is 6.34. The smallest absolute Gasteiger partial charge is 0.464 e. The van der Waals surface area contributed by atoms with Crippen LogP contribution in [0.1, 0.15) is 30.3 Å². The highest BCUT2D eigenvalue weighted by Gasteiger charge is 2.43. The molecule has 4 amide bonds. The molecule has 0 spiro atoms. The maximum absolute atomic E-state index is 12.7. The largest absolute Gasteiger partial charge is 0.545 e. The molecule has 2 aromatic rings. The third-order valence-corrected chi connectivity index (χ3v) is 5.34. The van der Waals surface area contributed by atoms with Crippen molar-refractivity contribution in [2.75, 3.05) is 19.6 Å². The Balaban J connectivity index is 1.61. The number of amides is 4. The molecule has 15 heteroatoms. The number of fused-ring (bicyclic) bond motifs is 1. The van der Waals surface area contributed by atoms with Gasteiger partial charge in [-0.15, -0.1) is 18.0 Å². The van der Waals surface area contributed by atoms with E-state index in [4.69, 9.17) is 21.1 Å². The Kier molecular flexibility index (Phi) is 7.75. The number of furan rings is 1. The number of piperidine rings is 1. The molecular formula is C20H20ClF3N4O7. The van der Waals surface area contributed by atoms with E-state index in [1.165, 1.54) is 6.07 Å². The van der Waals surface area contributed by atoms with E-state index in [-0.39, 0.29) is 36.7 Å². The predicted molar refractivity (Wildman–Crippen MR) is 113 cm³/mol. The number of benzene rings is 1. The zero-order chi connectivity index (χ0) is 25.9. The lowest BCUT2D eigenvalue weighted by molar-refractivity contribution is -0.433. The van der Waals surface area contributed by atoms with Gasteiger partial charge in [0.2, 0.25) is 0 Å². The van der Waals surface area contributed by atoms with Crippen LogP contribution in [0.2, 0.25) is 5.02 Å². The molecule has 1 fully saturated rings. The standard InChI is InChI=1S/C20H20ClF3N4O7/c1-2-27(19(32)33)28(35-20(22,23)24)18(31)17(30)26-7-5-13(6-8-26)25-16(29)15-10-11-9-12(21)3-4-14(11)34-15/h3-4,9-10,13H,2,5-8H2,1H3,(H,25,29)(H,32,33). The van der Waals surface area contributed by atoms with E-state index in [0.29, 0.717) is 16.0 Å². The van der Waals surface area contributed by atoms with Crippen LogP contribution in [-0.4, -0.2) is 76.0 Å². The van der Waals surface area contributed by atoms with Crippen molar-refractivity contribution < 1.29 is 46.7 Å². The van der Waals surface area contributed by atoms with Crippen molar-refractivity contribution in [1.82, 2.24) is 20.4 Å². The van der Waals surface area contributed by atoms with Gasteiger partial charge in [-0.1, -0.05) is 16.8 Å². The molecule has 1 aromatic carbocycles. The van der Waals surface area contributed by atoms with Crippen molar-refractivity contribution in [3.63, 3.8) is 0 Å². The summed E-state index contributed by atoms with van der Waals surface area (Å²) in [6, 6.07) is 5.97. The molecule has 0 saturated carbocycles. The van der Waals surface area contributed by atoms with Gasteiger partial charge in [0.25, 0.3) is 5.91 Å². The topological polar surface area (TPSA) is 133 Å². The number of hydroxylamine groups is 1. The Hall–Kier alpha value is -3.52. The lowest BCUT2D eigenvalue weighted by Gasteiger charge is -2.34. The number of nitrogens with zero attached hydrogens (tertiary/aromatic N) is 3. The molecule has 3 rings (SSSR count). The minimum absolute atomic E-state index is 0.0456. The molecule has 1 aliphatic heterocycles. The van der Waals surface area contributed by atoms with E-state index in [1.807, 2.05) is 0 Å².